The van der Waals surface area contributed by atoms with Gasteiger partial charge in [-0.05, 0) is 60.2 Å². The third kappa shape index (κ3) is 4.31. The zero-order valence-electron chi connectivity index (χ0n) is 16.3. The summed E-state index contributed by atoms with van der Waals surface area (Å²) in [6, 6.07) is 35.0. The maximum absolute atomic E-state index is 12.3. The van der Waals surface area contributed by atoms with Crippen LogP contribution in [0.3, 0.4) is 0 Å². The number of hydrogen-bond donors (Lipinski definition) is 1. The van der Waals surface area contributed by atoms with Gasteiger partial charge in [-0.2, -0.15) is 0 Å². The third-order valence-corrected chi connectivity index (χ3v) is 4.78. The van der Waals surface area contributed by atoms with Gasteiger partial charge in [-0.1, -0.05) is 66.7 Å². The molecule has 0 spiro atoms. The molecule has 30 heavy (non-hydrogen) atoms. The van der Waals surface area contributed by atoms with Gasteiger partial charge in [0.2, 0.25) is 0 Å². The monoisotopic (exact) mass is 391 g/mol. The zero-order chi connectivity index (χ0) is 20.8. The molecule has 0 unspecified atom stereocenters. The molecule has 0 saturated heterocycles. The molecule has 146 valence electrons. The van der Waals surface area contributed by atoms with Crippen molar-refractivity contribution in [2.45, 2.75) is 0 Å². The Bertz CT molecular complexity index is 1110. The van der Waals surface area contributed by atoms with E-state index >= 15 is 0 Å². The first kappa shape index (κ1) is 19.2. The summed E-state index contributed by atoms with van der Waals surface area (Å²) in [7, 11) is 0. The summed E-state index contributed by atoms with van der Waals surface area (Å²) in [5.41, 5.74) is 4.37. The molecule has 0 aromatic heterocycles. The lowest BCUT2D eigenvalue weighted by Gasteiger charge is -2.25. The number of phenolic OH excluding ortho intramolecular Hbond substituents is 1. The highest BCUT2D eigenvalue weighted by Crippen LogP contribution is 2.34. The van der Waals surface area contributed by atoms with Gasteiger partial charge < -0.3 is 10.0 Å². The summed E-state index contributed by atoms with van der Waals surface area (Å²) in [4.78, 5) is 14.5. The first-order chi connectivity index (χ1) is 14.7. The molecule has 0 saturated carbocycles. The molecule has 0 aliphatic heterocycles. The highest BCUT2D eigenvalue weighted by atomic mass is 16.3. The number of aromatic hydroxyl groups is 1. The molecular weight excluding hydrogens is 370 g/mol. The molecule has 4 rings (SSSR count). The van der Waals surface area contributed by atoms with Crippen LogP contribution < -0.4 is 4.90 Å². The van der Waals surface area contributed by atoms with Crippen LogP contribution in [0.25, 0.3) is 6.08 Å². The zero-order valence-corrected chi connectivity index (χ0v) is 16.3. The molecular formula is C27H21NO2. The number of phenols is 1. The molecule has 4 aromatic carbocycles. The average Bonchev–Trinajstić information content (AvgIpc) is 2.80. The van der Waals surface area contributed by atoms with Gasteiger partial charge in [0.25, 0.3) is 0 Å². The van der Waals surface area contributed by atoms with E-state index in [1.54, 1.807) is 24.3 Å². The highest BCUT2D eigenvalue weighted by molar-refractivity contribution is 6.08. The Hall–Kier alpha value is -4.11. The van der Waals surface area contributed by atoms with E-state index in [9.17, 15) is 9.90 Å². The molecule has 0 bridgehead atoms. The van der Waals surface area contributed by atoms with Crippen molar-refractivity contribution in [2.75, 3.05) is 4.90 Å². The van der Waals surface area contributed by atoms with Gasteiger partial charge in [0.05, 0.1) is 5.56 Å². The Kier molecular flexibility index (Phi) is 5.72. The minimum absolute atomic E-state index is 0.0103. The van der Waals surface area contributed by atoms with E-state index in [0.29, 0.717) is 5.56 Å². The van der Waals surface area contributed by atoms with Crippen molar-refractivity contribution in [2.24, 2.45) is 0 Å². The Labute approximate surface area is 176 Å². The van der Waals surface area contributed by atoms with Gasteiger partial charge >= 0.3 is 0 Å². The average molecular weight is 391 g/mol. The molecule has 0 aliphatic carbocycles. The maximum atomic E-state index is 12.3. The van der Waals surface area contributed by atoms with Gasteiger partial charge in [0.1, 0.15) is 5.75 Å². The number of carbonyl (C=O) groups excluding carboxylic acids is 1. The van der Waals surface area contributed by atoms with Gasteiger partial charge in [0, 0.05) is 17.1 Å². The van der Waals surface area contributed by atoms with Crippen LogP contribution in [0.4, 0.5) is 17.1 Å². The fourth-order valence-electron chi connectivity index (χ4n) is 3.28. The minimum atomic E-state index is -0.229. The Morgan fingerprint density at radius 3 is 1.70 bits per heavy atom. The second-order valence-electron chi connectivity index (χ2n) is 6.81. The van der Waals surface area contributed by atoms with Crippen molar-refractivity contribution in [3.63, 3.8) is 0 Å². The number of carbonyl (C=O) groups is 1. The first-order valence-corrected chi connectivity index (χ1v) is 9.73. The number of benzene rings is 4. The van der Waals surface area contributed by atoms with Gasteiger partial charge in [-0.3, -0.25) is 4.79 Å². The number of nitrogens with zero attached hydrogens (tertiary/aromatic N) is 1. The fraction of sp³-hybridized carbons (Fsp3) is 0. The van der Waals surface area contributed by atoms with Crippen LogP contribution >= 0.6 is 0 Å². The summed E-state index contributed by atoms with van der Waals surface area (Å²) < 4.78 is 0. The molecule has 0 heterocycles. The molecule has 3 heteroatoms. The Morgan fingerprint density at radius 2 is 1.13 bits per heavy atom. The fourth-order valence-corrected chi connectivity index (χ4v) is 3.28. The van der Waals surface area contributed by atoms with Crippen LogP contribution in [-0.2, 0) is 0 Å². The lowest BCUT2D eigenvalue weighted by atomic mass is 10.1. The number of allylic oxidation sites excluding steroid dienone is 1. The molecule has 3 nitrogen and oxygen atoms in total. The van der Waals surface area contributed by atoms with E-state index in [2.05, 4.69) is 29.2 Å². The van der Waals surface area contributed by atoms with E-state index in [0.717, 1.165) is 22.6 Å². The summed E-state index contributed by atoms with van der Waals surface area (Å²) >= 11 is 0. The number of ketones is 1. The standard InChI is InChI=1S/C27H21NO2/c29-26-14-8-7-13-25(26)27(30)20-17-21-15-18-24(19-16-21)28(22-9-3-1-4-10-22)23-11-5-2-6-12-23/h1-20,29H/b20-17+. The van der Waals surface area contributed by atoms with Crippen molar-refractivity contribution in [3.05, 3.63) is 126 Å². The number of para-hydroxylation sites is 3. The quantitative estimate of drug-likeness (QED) is 0.292. The largest absolute Gasteiger partial charge is 0.507 e. The van der Waals surface area contributed by atoms with Crippen LogP contribution in [0, 0.1) is 0 Å². The van der Waals surface area contributed by atoms with Crippen molar-refractivity contribution >= 4 is 28.9 Å². The Morgan fingerprint density at radius 1 is 0.633 bits per heavy atom. The number of anilines is 3. The molecule has 0 aliphatic rings. The van der Waals surface area contributed by atoms with E-state index in [1.807, 2.05) is 60.7 Å². The SMILES string of the molecule is O=C(/C=C/c1ccc(N(c2ccccc2)c2ccccc2)cc1)c1ccccc1O. The topological polar surface area (TPSA) is 40.5 Å². The van der Waals surface area contributed by atoms with Crippen LogP contribution in [0.5, 0.6) is 5.75 Å². The number of rotatable bonds is 6. The second kappa shape index (κ2) is 8.93. The van der Waals surface area contributed by atoms with Crippen molar-refractivity contribution in [3.8, 4) is 5.75 Å². The summed E-state index contributed by atoms with van der Waals surface area (Å²) in [5, 5.41) is 9.83. The summed E-state index contributed by atoms with van der Waals surface area (Å²) in [6.07, 6.45) is 3.24. The van der Waals surface area contributed by atoms with E-state index in [4.69, 9.17) is 0 Å². The minimum Gasteiger partial charge on any atom is -0.507 e. The van der Waals surface area contributed by atoms with Gasteiger partial charge in [0.15, 0.2) is 5.78 Å². The van der Waals surface area contributed by atoms with Gasteiger partial charge in [-0.25, -0.2) is 0 Å². The molecule has 0 amide bonds. The molecule has 0 fully saturated rings. The van der Waals surface area contributed by atoms with Crippen LogP contribution in [0.15, 0.2) is 115 Å². The smallest absolute Gasteiger partial charge is 0.189 e. The summed E-state index contributed by atoms with van der Waals surface area (Å²) in [5.74, 6) is -0.240. The van der Waals surface area contributed by atoms with E-state index in [-0.39, 0.29) is 11.5 Å². The Balaban J connectivity index is 1.60. The normalized spacial score (nSPS) is 10.8. The molecule has 4 aromatic rings. The lowest BCUT2D eigenvalue weighted by molar-refractivity contribution is 0.104. The maximum Gasteiger partial charge on any atom is 0.189 e. The number of hydrogen-bond acceptors (Lipinski definition) is 3. The van der Waals surface area contributed by atoms with Crippen LogP contribution in [-0.4, -0.2) is 10.9 Å². The molecule has 0 radical (unpaired) electrons. The summed E-state index contributed by atoms with van der Waals surface area (Å²) in [6.45, 7) is 0. The molecule has 1 N–H and O–H groups in total. The van der Waals surface area contributed by atoms with Crippen molar-refractivity contribution < 1.29 is 9.90 Å². The third-order valence-electron chi connectivity index (χ3n) is 4.78. The van der Waals surface area contributed by atoms with Gasteiger partial charge in [-0.15, -0.1) is 0 Å². The predicted molar refractivity (Wildman–Crippen MR) is 123 cm³/mol. The highest BCUT2D eigenvalue weighted by Gasteiger charge is 2.11. The van der Waals surface area contributed by atoms with Crippen molar-refractivity contribution in [1.29, 1.82) is 0 Å². The van der Waals surface area contributed by atoms with Crippen molar-refractivity contribution in [1.82, 2.24) is 0 Å². The van der Waals surface area contributed by atoms with E-state index in [1.165, 1.54) is 12.1 Å². The van der Waals surface area contributed by atoms with E-state index < -0.39 is 0 Å². The van der Waals surface area contributed by atoms with Crippen LogP contribution in [0.1, 0.15) is 15.9 Å². The predicted octanol–water partition coefficient (Wildman–Crippen LogP) is 6.76. The lowest BCUT2D eigenvalue weighted by Crippen LogP contribution is -2.09. The molecule has 0 atom stereocenters. The second-order valence-corrected chi connectivity index (χ2v) is 6.81. The first-order valence-electron chi connectivity index (χ1n) is 9.73. The van der Waals surface area contributed by atoms with Crippen LogP contribution in [0.2, 0.25) is 0 Å².